The Balaban J connectivity index is 2.06. The monoisotopic (exact) mass is 397 g/mol. The van der Waals surface area contributed by atoms with Crippen molar-refractivity contribution in [3.63, 3.8) is 0 Å². The van der Waals surface area contributed by atoms with Gasteiger partial charge in [0.05, 0.1) is 19.1 Å². The summed E-state index contributed by atoms with van der Waals surface area (Å²) in [7, 11) is 0. The van der Waals surface area contributed by atoms with Gasteiger partial charge in [0.2, 0.25) is 17.1 Å². The molecule has 0 saturated carbocycles. The van der Waals surface area contributed by atoms with Gasteiger partial charge in [-0.15, -0.1) is 0 Å². The van der Waals surface area contributed by atoms with E-state index in [0.29, 0.717) is 26.3 Å². The van der Waals surface area contributed by atoms with E-state index < -0.39 is 34.5 Å². The second kappa shape index (κ2) is 8.05. The summed E-state index contributed by atoms with van der Waals surface area (Å²) in [5.74, 6) is -7.06. The molecule has 0 bridgehead atoms. The number of hydrogen-bond acceptors (Lipinski definition) is 5. The Hall–Kier alpha value is -2.81. The van der Waals surface area contributed by atoms with Crippen LogP contribution in [0.25, 0.3) is 0 Å². The zero-order chi connectivity index (χ0) is 20.4. The lowest BCUT2D eigenvalue weighted by molar-refractivity contribution is -0.135. The van der Waals surface area contributed by atoms with E-state index in [-0.39, 0.29) is 29.4 Å². The van der Waals surface area contributed by atoms with E-state index in [0.717, 1.165) is 18.2 Å². The van der Waals surface area contributed by atoms with Gasteiger partial charge in [0.15, 0.2) is 23.2 Å². The van der Waals surface area contributed by atoms with Crippen molar-refractivity contribution in [1.82, 2.24) is 4.90 Å². The van der Waals surface area contributed by atoms with E-state index in [1.807, 2.05) is 0 Å². The van der Waals surface area contributed by atoms with Crippen molar-refractivity contribution in [3.05, 3.63) is 63.0 Å². The maximum Gasteiger partial charge on any atom is 0.227 e. The Bertz CT molecular complexity index is 930. The minimum atomic E-state index is -1.66. The summed E-state index contributed by atoms with van der Waals surface area (Å²) in [5, 5.41) is 10.2. The highest BCUT2D eigenvalue weighted by Gasteiger charge is 2.30. The normalized spacial score (nSPS) is 15.5. The molecule has 1 saturated heterocycles. The first-order valence-corrected chi connectivity index (χ1v) is 8.61. The number of aryl methyl sites for hydroxylation is 1. The van der Waals surface area contributed by atoms with Crippen molar-refractivity contribution in [2.75, 3.05) is 26.3 Å². The molecule has 2 aromatic rings. The molecular weight excluding hydrogens is 379 g/mol. The van der Waals surface area contributed by atoms with Crippen LogP contribution in [0.2, 0.25) is 0 Å². The highest BCUT2D eigenvalue weighted by Crippen LogP contribution is 2.34. The third-order valence-corrected chi connectivity index (χ3v) is 4.54. The summed E-state index contributed by atoms with van der Waals surface area (Å²) in [4.78, 5) is 26.1. The Morgan fingerprint density at radius 1 is 1.18 bits per heavy atom. The van der Waals surface area contributed by atoms with Crippen molar-refractivity contribution >= 4 is 5.91 Å². The predicted molar refractivity (Wildman–Crippen MR) is 91.6 cm³/mol. The Morgan fingerprint density at radius 2 is 1.79 bits per heavy atom. The number of ether oxygens (including phenoxy) is 1. The molecule has 1 amide bonds. The van der Waals surface area contributed by atoms with Crippen molar-refractivity contribution in [2.24, 2.45) is 0 Å². The van der Waals surface area contributed by atoms with Gasteiger partial charge in [0.1, 0.15) is 5.76 Å². The molecule has 0 aliphatic carbocycles. The highest BCUT2D eigenvalue weighted by molar-refractivity contribution is 5.78. The van der Waals surface area contributed by atoms with Crippen molar-refractivity contribution < 1.29 is 32.2 Å². The van der Waals surface area contributed by atoms with Gasteiger partial charge in [-0.2, -0.15) is 0 Å². The molecule has 1 aromatic carbocycles. The summed E-state index contributed by atoms with van der Waals surface area (Å²) in [6.45, 7) is 2.82. The number of morpholine rings is 1. The zero-order valence-electron chi connectivity index (χ0n) is 15.0. The Labute approximate surface area is 158 Å². The quantitative estimate of drug-likeness (QED) is 0.802. The SMILES string of the molecule is Cc1cc(=O)c(O)c(C(CC(=O)N2CCOCC2)c2cc(F)c(F)c(F)c2)o1. The van der Waals surface area contributed by atoms with Crippen LogP contribution in [0, 0.1) is 24.4 Å². The van der Waals surface area contributed by atoms with Crippen LogP contribution in [-0.4, -0.2) is 42.2 Å². The second-order valence-electron chi connectivity index (χ2n) is 6.48. The molecule has 9 heteroatoms. The van der Waals surface area contributed by atoms with Gasteiger partial charge in [-0.25, -0.2) is 13.2 Å². The molecule has 1 unspecified atom stereocenters. The summed E-state index contributed by atoms with van der Waals surface area (Å²) in [6.07, 6.45) is -0.343. The van der Waals surface area contributed by atoms with Crippen LogP contribution in [0.1, 0.15) is 29.4 Å². The van der Waals surface area contributed by atoms with E-state index >= 15 is 0 Å². The minimum absolute atomic E-state index is 0.137. The van der Waals surface area contributed by atoms with Crippen molar-refractivity contribution in [3.8, 4) is 5.75 Å². The third-order valence-electron chi connectivity index (χ3n) is 4.54. The van der Waals surface area contributed by atoms with E-state index in [4.69, 9.17) is 9.15 Å². The number of carbonyl (C=O) groups excluding carboxylic acids is 1. The Kier molecular flexibility index (Phi) is 5.73. The van der Waals surface area contributed by atoms with Gasteiger partial charge in [-0.05, 0) is 24.6 Å². The summed E-state index contributed by atoms with van der Waals surface area (Å²) < 4.78 is 51.6. The molecule has 150 valence electrons. The molecular formula is C19H18F3NO5. The van der Waals surface area contributed by atoms with Crippen LogP contribution in [0.3, 0.4) is 0 Å². The van der Waals surface area contributed by atoms with Gasteiger partial charge in [0.25, 0.3) is 0 Å². The van der Waals surface area contributed by atoms with Crippen LogP contribution in [0.5, 0.6) is 5.75 Å². The molecule has 1 atom stereocenters. The van der Waals surface area contributed by atoms with E-state index in [2.05, 4.69) is 0 Å². The highest BCUT2D eigenvalue weighted by atomic mass is 19.2. The number of halogens is 3. The predicted octanol–water partition coefficient (Wildman–Crippen LogP) is 2.45. The summed E-state index contributed by atoms with van der Waals surface area (Å²) >= 11 is 0. The maximum atomic E-state index is 13.8. The number of rotatable bonds is 4. The molecule has 0 radical (unpaired) electrons. The van der Waals surface area contributed by atoms with E-state index in [1.54, 1.807) is 0 Å². The van der Waals surface area contributed by atoms with Crippen molar-refractivity contribution in [1.29, 1.82) is 0 Å². The number of hydrogen-bond donors (Lipinski definition) is 1. The molecule has 1 aliphatic rings. The van der Waals surface area contributed by atoms with Crippen LogP contribution in [0.15, 0.2) is 27.4 Å². The summed E-state index contributed by atoms with van der Waals surface area (Å²) in [6, 6.07) is 2.49. The molecule has 1 N–H and O–H groups in total. The smallest absolute Gasteiger partial charge is 0.227 e. The van der Waals surface area contributed by atoms with Gasteiger partial charge in [-0.3, -0.25) is 9.59 Å². The lowest BCUT2D eigenvalue weighted by Crippen LogP contribution is -2.41. The average Bonchev–Trinajstić information content (AvgIpc) is 2.67. The minimum Gasteiger partial charge on any atom is -0.502 e. The maximum absolute atomic E-state index is 13.8. The molecule has 1 aromatic heterocycles. The zero-order valence-corrected chi connectivity index (χ0v) is 15.0. The number of aromatic hydroxyl groups is 1. The first kappa shape index (κ1) is 19.9. The first-order valence-electron chi connectivity index (χ1n) is 8.61. The van der Waals surface area contributed by atoms with Crippen LogP contribution in [0.4, 0.5) is 13.2 Å². The van der Waals surface area contributed by atoms with Gasteiger partial charge in [-0.1, -0.05) is 0 Å². The lowest BCUT2D eigenvalue weighted by Gasteiger charge is -2.28. The Morgan fingerprint density at radius 3 is 2.39 bits per heavy atom. The number of benzene rings is 1. The van der Waals surface area contributed by atoms with Gasteiger partial charge >= 0.3 is 0 Å². The molecule has 6 nitrogen and oxygen atoms in total. The van der Waals surface area contributed by atoms with E-state index in [9.17, 15) is 27.9 Å². The lowest BCUT2D eigenvalue weighted by atomic mass is 9.91. The van der Waals surface area contributed by atoms with Crippen LogP contribution in [-0.2, 0) is 9.53 Å². The fourth-order valence-corrected chi connectivity index (χ4v) is 3.12. The fraction of sp³-hybridized carbons (Fsp3) is 0.368. The van der Waals surface area contributed by atoms with Crippen LogP contribution >= 0.6 is 0 Å². The molecule has 0 spiro atoms. The van der Waals surface area contributed by atoms with Gasteiger partial charge in [0, 0.05) is 25.6 Å². The summed E-state index contributed by atoms with van der Waals surface area (Å²) in [5.41, 5.74) is -0.896. The molecule has 1 aliphatic heterocycles. The standard InChI is InChI=1S/C19H18F3NO5/c1-10-6-15(24)18(26)19(28-10)12(9-16(25)23-2-4-27-5-3-23)11-7-13(20)17(22)14(21)8-11/h6-8,12,26H,2-5,9H2,1H3. The van der Waals surface area contributed by atoms with E-state index in [1.165, 1.54) is 11.8 Å². The van der Waals surface area contributed by atoms with Gasteiger partial charge < -0.3 is 19.2 Å². The number of carbonyl (C=O) groups is 1. The number of amides is 1. The first-order chi connectivity index (χ1) is 13.3. The second-order valence-corrected chi connectivity index (χ2v) is 6.48. The molecule has 2 heterocycles. The number of nitrogens with zero attached hydrogens (tertiary/aromatic N) is 1. The fourth-order valence-electron chi connectivity index (χ4n) is 3.12. The third kappa shape index (κ3) is 4.04. The average molecular weight is 397 g/mol. The van der Waals surface area contributed by atoms with Crippen molar-refractivity contribution in [2.45, 2.75) is 19.3 Å². The molecule has 28 heavy (non-hydrogen) atoms. The molecule has 3 rings (SSSR count). The van der Waals surface area contributed by atoms with Crippen LogP contribution < -0.4 is 5.43 Å². The topological polar surface area (TPSA) is 80.0 Å². The molecule has 1 fully saturated rings. The largest absolute Gasteiger partial charge is 0.502 e.